The van der Waals surface area contributed by atoms with Crippen molar-refractivity contribution < 1.29 is 4.79 Å². The number of piperazine rings is 1. The van der Waals surface area contributed by atoms with E-state index in [0.717, 1.165) is 39.0 Å². The average Bonchev–Trinajstić information content (AvgIpc) is 3.14. The van der Waals surface area contributed by atoms with Gasteiger partial charge in [-0.2, -0.15) is 0 Å². The van der Waals surface area contributed by atoms with E-state index in [1.54, 1.807) is 0 Å². The van der Waals surface area contributed by atoms with Crippen molar-refractivity contribution in [2.75, 3.05) is 31.1 Å². The van der Waals surface area contributed by atoms with E-state index in [0.29, 0.717) is 11.8 Å². The summed E-state index contributed by atoms with van der Waals surface area (Å²) < 4.78 is 0. The molecule has 1 amide bonds. The van der Waals surface area contributed by atoms with Crippen molar-refractivity contribution in [2.45, 2.75) is 33.1 Å². The van der Waals surface area contributed by atoms with Gasteiger partial charge in [0.1, 0.15) is 0 Å². The normalized spacial score (nSPS) is 31.6. The molecule has 3 fully saturated rings. The van der Waals surface area contributed by atoms with Crippen LogP contribution in [0.5, 0.6) is 0 Å². The molecule has 2 bridgehead atoms. The molecule has 2 aliphatic carbocycles. The third-order valence-corrected chi connectivity index (χ3v) is 6.99. The van der Waals surface area contributed by atoms with Crippen molar-refractivity contribution >= 4 is 11.6 Å². The molecule has 1 heterocycles. The summed E-state index contributed by atoms with van der Waals surface area (Å²) in [5.41, 5.74) is 2.32. The van der Waals surface area contributed by atoms with Gasteiger partial charge >= 0.3 is 0 Å². The summed E-state index contributed by atoms with van der Waals surface area (Å²) in [6.45, 7) is 12.4. The van der Waals surface area contributed by atoms with Crippen molar-refractivity contribution in [1.82, 2.24) is 4.90 Å². The zero-order valence-electron chi connectivity index (χ0n) is 14.9. The number of carbonyl (C=O) groups excluding carboxylic acids is 1. The highest BCUT2D eigenvalue weighted by Crippen LogP contribution is 2.65. The van der Waals surface area contributed by atoms with Crippen molar-refractivity contribution in [3.63, 3.8) is 0 Å². The number of benzene rings is 1. The minimum Gasteiger partial charge on any atom is -0.368 e. The van der Waals surface area contributed by atoms with E-state index in [2.05, 4.69) is 54.5 Å². The molecule has 0 radical (unpaired) electrons. The summed E-state index contributed by atoms with van der Waals surface area (Å²) in [6.07, 6.45) is 3.22. The molecule has 1 aromatic carbocycles. The Hall–Kier alpha value is -1.77. The molecule has 3 aliphatic rings. The largest absolute Gasteiger partial charge is 0.368 e. The van der Waals surface area contributed by atoms with Crippen LogP contribution < -0.4 is 4.90 Å². The van der Waals surface area contributed by atoms with Gasteiger partial charge in [-0.05, 0) is 42.7 Å². The highest BCUT2D eigenvalue weighted by molar-refractivity contribution is 5.88. The van der Waals surface area contributed by atoms with Gasteiger partial charge < -0.3 is 9.80 Å². The van der Waals surface area contributed by atoms with E-state index in [1.807, 2.05) is 6.07 Å². The molecule has 0 N–H and O–H groups in total. The lowest BCUT2D eigenvalue weighted by Gasteiger charge is -2.42. The second-order valence-corrected chi connectivity index (χ2v) is 8.34. The third kappa shape index (κ3) is 2.13. The number of carbonyl (C=O) groups is 1. The molecule has 4 rings (SSSR count). The highest BCUT2D eigenvalue weighted by Gasteiger charge is 2.61. The second kappa shape index (κ2) is 5.37. The van der Waals surface area contributed by atoms with Gasteiger partial charge in [0.2, 0.25) is 5.91 Å². The van der Waals surface area contributed by atoms with E-state index in [9.17, 15) is 4.79 Å². The first-order valence-corrected chi connectivity index (χ1v) is 9.24. The summed E-state index contributed by atoms with van der Waals surface area (Å²) in [5, 5.41) is 0. The molecule has 3 nitrogen and oxygen atoms in total. The van der Waals surface area contributed by atoms with E-state index in [-0.39, 0.29) is 10.8 Å². The van der Waals surface area contributed by atoms with Crippen LogP contribution in [0.4, 0.5) is 5.69 Å². The van der Waals surface area contributed by atoms with Crippen LogP contribution in [0.2, 0.25) is 0 Å². The Bertz CT molecular complexity index is 658. The van der Waals surface area contributed by atoms with Gasteiger partial charge in [-0.15, -0.1) is 0 Å². The zero-order chi connectivity index (χ0) is 16.9. The topological polar surface area (TPSA) is 23.6 Å². The Kier molecular flexibility index (Phi) is 3.52. The van der Waals surface area contributed by atoms with Crippen LogP contribution in [0.1, 0.15) is 33.1 Å². The number of nitrogens with zero attached hydrogens (tertiary/aromatic N) is 2. The number of fused-ring (bicyclic) bond motifs is 2. The molecule has 2 saturated carbocycles. The average molecular weight is 324 g/mol. The van der Waals surface area contributed by atoms with Crippen molar-refractivity contribution in [1.29, 1.82) is 0 Å². The van der Waals surface area contributed by atoms with E-state index >= 15 is 0 Å². The van der Waals surface area contributed by atoms with E-state index < -0.39 is 0 Å². The number of rotatable bonds is 2. The van der Waals surface area contributed by atoms with Gasteiger partial charge in [-0.1, -0.05) is 44.2 Å². The Morgan fingerprint density at radius 1 is 1.12 bits per heavy atom. The molecule has 2 atom stereocenters. The third-order valence-electron chi connectivity index (χ3n) is 6.99. The predicted molar refractivity (Wildman–Crippen MR) is 97.9 cm³/mol. The highest BCUT2D eigenvalue weighted by atomic mass is 16.2. The van der Waals surface area contributed by atoms with Crippen LogP contribution in [0.15, 0.2) is 42.5 Å². The quantitative estimate of drug-likeness (QED) is 0.774. The molecular formula is C21H28N2O. The SMILES string of the molecule is C=C1C(C)(C)[C@H]2CC[C@@]1(C(=O)N1CCN(c3ccccc3)CC1)C2. The lowest BCUT2D eigenvalue weighted by molar-refractivity contribution is -0.140. The lowest BCUT2D eigenvalue weighted by atomic mass is 9.68. The Morgan fingerprint density at radius 3 is 2.38 bits per heavy atom. The minimum absolute atomic E-state index is 0.125. The minimum atomic E-state index is -0.261. The molecule has 0 spiro atoms. The van der Waals surface area contributed by atoms with Crippen molar-refractivity contribution in [3.05, 3.63) is 42.5 Å². The summed E-state index contributed by atoms with van der Waals surface area (Å²) in [4.78, 5) is 17.9. The van der Waals surface area contributed by atoms with Gasteiger partial charge in [0.15, 0.2) is 0 Å². The molecule has 1 aliphatic heterocycles. The molecule has 0 aromatic heterocycles. The Labute approximate surface area is 145 Å². The number of anilines is 1. The number of amides is 1. The maximum absolute atomic E-state index is 13.4. The summed E-state index contributed by atoms with van der Waals surface area (Å²) >= 11 is 0. The molecule has 1 saturated heterocycles. The lowest BCUT2D eigenvalue weighted by Crippen LogP contribution is -2.53. The van der Waals surface area contributed by atoms with Gasteiger partial charge in [0.05, 0.1) is 5.41 Å². The zero-order valence-corrected chi connectivity index (χ0v) is 14.9. The van der Waals surface area contributed by atoms with Crippen LogP contribution in [0, 0.1) is 16.7 Å². The molecular weight excluding hydrogens is 296 g/mol. The van der Waals surface area contributed by atoms with E-state index in [4.69, 9.17) is 0 Å². The smallest absolute Gasteiger partial charge is 0.233 e. The monoisotopic (exact) mass is 324 g/mol. The number of hydrogen-bond acceptors (Lipinski definition) is 2. The first-order chi connectivity index (χ1) is 11.4. The van der Waals surface area contributed by atoms with Crippen LogP contribution in [-0.2, 0) is 4.79 Å². The van der Waals surface area contributed by atoms with Crippen LogP contribution >= 0.6 is 0 Å². The fourth-order valence-electron chi connectivity index (χ4n) is 5.23. The maximum atomic E-state index is 13.4. The van der Waals surface area contributed by atoms with Gasteiger partial charge in [0.25, 0.3) is 0 Å². The maximum Gasteiger partial charge on any atom is 0.233 e. The van der Waals surface area contributed by atoms with Crippen LogP contribution in [0.25, 0.3) is 0 Å². The predicted octanol–water partition coefficient (Wildman–Crippen LogP) is 3.72. The van der Waals surface area contributed by atoms with Crippen molar-refractivity contribution in [3.8, 4) is 0 Å². The summed E-state index contributed by atoms with van der Waals surface area (Å²) in [6, 6.07) is 10.5. The molecule has 0 unspecified atom stereocenters. The molecule has 24 heavy (non-hydrogen) atoms. The summed E-state index contributed by atoms with van der Waals surface area (Å²) in [5.74, 6) is 0.993. The Morgan fingerprint density at radius 2 is 1.79 bits per heavy atom. The molecule has 1 aromatic rings. The van der Waals surface area contributed by atoms with Gasteiger partial charge in [-0.25, -0.2) is 0 Å². The first kappa shape index (κ1) is 15.7. The first-order valence-electron chi connectivity index (χ1n) is 9.24. The molecule has 3 heteroatoms. The molecule has 128 valence electrons. The fraction of sp³-hybridized carbons (Fsp3) is 0.571. The number of para-hydroxylation sites is 1. The van der Waals surface area contributed by atoms with Gasteiger partial charge in [0, 0.05) is 31.9 Å². The van der Waals surface area contributed by atoms with Crippen LogP contribution in [0.3, 0.4) is 0 Å². The van der Waals surface area contributed by atoms with Crippen LogP contribution in [-0.4, -0.2) is 37.0 Å². The van der Waals surface area contributed by atoms with Crippen molar-refractivity contribution in [2.24, 2.45) is 16.7 Å². The number of hydrogen-bond donors (Lipinski definition) is 0. The standard InChI is InChI=1S/C21H28N2O/c1-16-20(2,3)17-9-10-21(16,15-17)19(24)23-13-11-22(12-14-23)18-7-5-4-6-8-18/h4-8,17H,1,9-15H2,2-3H3/t17-,21+/m0/s1. The Balaban J connectivity index is 1.47. The summed E-state index contributed by atoms with van der Waals surface area (Å²) in [7, 11) is 0. The second-order valence-electron chi connectivity index (χ2n) is 8.34. The fourth-order valence-corrected chi connectivity index (χ4v) is 5.23. The van der Waals surface area contributed by atoms with E-state index in [1.165, 1.54) is 17.7 Å². The van der Waals surface area contributed by atoms with Gasteiger partial charge in [-0.3, -0.25) is 4.79 Å².